The zero-order valence-electron chi connectivity index (χ0n) is 11.9. The van der Waals surface area contributed by atoms with E-state index >= 15 is 0 Å². The van der Waals surface area contributed by atoms with Gasteiger partial charge in [0.2, 0.25) is 0 Å². The average Bonchev–Trinajstić information content (AvgIpc) is 2.55. The Balaban J connectivity index is 2.03. The van der Waals surface area contributed by atoms with Crippen molar-refractivity contribution in [3.8, 4) is 28.0 Å². The molecule has 0 aliphatic rings. The van der Waals surface area contributed by atoms with Gasteiger partial charge in [-0.1, -0.05) is 60.1 Å². The number of methoxy groups -OCH3 is 1. The van der Waals surface area contributed by atoms with Crippen LogP contribution >= 0.6 is 0 Å². The summed E-state index contributed by atoms with van der Waals surface area (Å²) in [7, 11) is 7.55. The first-order chi connectivity index (χ1) is 10.3. The molecule has 0 unspecified atom stereocenters. The molecule has 0 amide bonds. The minimum atomic E-state index is 0.777. The molecule has 3 aromatic carbocycles. The predicted octanol–water partition coefficient (Wildman–Crippen LogP) is 3.82. The van der Waals surface area contributed by atoms with Gasteiger partial charge in [0.25, 0.3) is 0 Å². The van der Waals surface area contributed by atoms with Crippen LogP contribution in [0, 0.1) is 0 Å². The van der Waals surface area contributed by atoms with Crippen molar-refractivity contribution in [3.05, 3.63) is 72.8 Å². The van der Waals surface area contributed by atoms with Gasteiger partial charge in [0, 0.05) is 0 Å². The molecule has 100 valence electrons. The van der Waals surface area contributed by atoms with Crippen molar-refractivity contribution in [2.24, 2.45) is 0 Å². The van der Waals surface area contributed by atoms with E-state index in [1.807, 2.05) is 36.4 Å². The highest BCUT2D eigenvalue weighted by atomic mass is 16.5. The second-order valence-corrected chi connectivity index (χ2v) is 4.94. The molecule has 0 aromatic heterocycles. The van der Waals surface area contributed by atoms with Crippen molar-refractivity contribution in [3.63, 3.8) is 0 Å². The van der Waals surface area contributed by atoms with Gasteiger partial charge in [-0.15, -0.1) is 0 Å². The Hall–Kier alpha value is -2.48. The quantitative estimate of drug-likeness (QED) is 0.657. The molecular weight excluding hydrogens is 255 g/mol. The third kappa shape index (κ3) is 3.00. The molecular formula is C19H15BO. The molecule has 1 nitrogen and oxygen atoms in total. The van der Waals surface area contributed by atoms with E-state index in [0.29, 0.717) is 0 Å². The van der Waals surface area contributed by atoms with Gasteiger partial charge in [-0.05, 0) is 40.5 Å². The Morgan fingerprint density at radius 1 is 0.667 bits per heavy atom. The molecule has 0 spiro atoms. The fourth-order valence-electron chi connectivity index (χ4n) is 2.40. The molecule has 2 heteroatoms. The second kappa shape index (κ2) is 5.88. The van der Waals surface area contributed by atoms with Crippen LogP contribution in [0.5, 0.6) is 5.75 Å². The number of benzene rings is 3. The van der Waals surface area contributed by atoms with E-state index < -0.39 is 0 Å². The second-order valence-electron chi connectivity index (χ2n) is 4.94. The van der Waals surface area contributed by atoms with Gasteiger partial charge in [-0.25, -0.2) is 0 Å². The van der Waals surface area contributed by atoms with Gasteiger partial charge in [-0.3, -0.25) is 0 Å². The molecule has 0 atom stereocenters. The highest BCUT2D eigenvalue weighted by molar-refractivity contribution is 6.32. The summed E-state index contributed by atoms with van der Waals surface area (Å²) in [5.74, 6) is 0.863. The zero-order valence-corrected chi connectivity index (χ0v) is 11.9. The molecule has 3 aromatic rings. The van der Waals surface area contributed by atoms with Gasteiger partial charge in [0.05, 0.1) is 7.11 Å². The first-order valence-electron chi connectivity index (χ1n) is 6.87. The lowest BCUT2D eigenvalue weighted by Crippen LogP contribution is -2.00. The number of ether oxygens (including phenoxy) is 1. The van der Waals surface area contributed by atoms with E-state index in [1.54, 1.807) is 7.11 Å². The van der Waals surface area contributed by atoms with E-state index in [0.717, 1.165) is 33.5 Å². The van der Waals surface area contributed by atoms with Crippen molar-refractivity contribution in [2.75, 3.05) is 7.11 Å². The lowest BCUT2D eigenvalue weighted by Gasteiger charge is -2.08. The molecule has 21 heavy (non-hydrogen) atoms. The summed E-state index contributed by atoms with van der Waals surface area (Å²) in [5.41, 5.74) is 5.36. The fraction of sp³-hybridized carbons (Fsp3) is 0.0526. The maximum Gasteiger partial charge on any atom is 0.119 e. The van der Waals surface area contributed by atoms with Gasteiger partial charge in [0.1, 0.15) is 13.6 Å². The molecule has 0 saturated heterocycles. The van der Waals surface area contributed by atoms with E-state index in [2.05, 4.69) is 36.4 Å². The minimum Gasteiger partial charge on any atom is -0.497 e. The van der Waals surface area contributed by atoms with E-state index in [9.17, 15) is 0 Å². The average molecular weight is 270 g/mol. The van der Waals surface area contributed by atoms with Crippen molar-refractivity contribution < 1.29 is 4.74 Å². The summed E-state index contributed by atoms with van der Waals surface area (Å²) in [4.78, 5) is 0. The van der Waals surface area contributed by atoms with E-state index in [1.165, 1.54) is 0 Å². The van der Waals surface area contributed by atoms with Crippen LogP contribution in [0.4, 0.5) is 0 Å². The smallest absolute Gasteiger partial charge is 0.119 e. The van der Waals surface area contributed by atoms with Gasteiger partial charge in [0.15, 0.2) is 0 Å². The van der Waals surface area contributed by atoms with Crippen LogP contribution in [-0.4, -0.2) is 15.0 Å². The molecule has 0 fully saturated rings. The Morgan fingerprint density at radius 3 is 1.81 bits per heavy atom. The fourth-order valence-corrected chi connectivity index (χ4v) is 2.40. The van der Waals surface area contributed by atoms with Crippen LogP contribution in [0.15, 0.2) is 72.8 Å². The normalized spacial score (nSPS) is 10.3. The monoisotopic (exact) mass is 270 g/mol. The van der Waals surface area contributed by atoms with Gasteiger partial charge >= 0.3 is 0 Å². The van der Waals surface area contributed by atoms with Crippen LogP contribution in [0.1, 0.15) is 0 Å². The molecule has 2 radical (unpaired) electrons. The summed E-state index contributed by atoms with van der Waals surface area (Å²) < 4.78 is 5.29. The summed E-state index contributed by atoms with van der Waals surface area (Å²) in [6.07, 6.45) is 0. The highest BCUT2D eigenvalue weighted by Gasteiger charge is 2.03. The largest absolute Gasteiger partial charge is 0.497 e. The Kier molecular flexibility index (Phi) is 3.78. The summed E-state index contributed by atoms with van der Waals surface area (Å²) in [6, 6.07) is 24.4. The lowest BCUT2D eigenvalue weighted by molar-refractivity contribution is 0.415. The highest BCUT2D eigenvalue weighted by Crippen LogP contribution is 2.28. The van der Waals surface area contributed by atoms with Crippen LogP contribution in [0.3, 0.4) is 0 Å². The third-order valence-electron chi connectivity index (χ3n) is 3.49. The van der Waals surface area contributed by atoms with Crippen LogP contribution in [0.25, 0.3) is 22.3 Å². The maximum atomic E-state index is 5.87. The minimum absolute atomic E-state index is 0.777. The first-order valence-corrected chi connectivity index (χ1v) is 6.87. The molecule has 3 rings (SSSR count). The molecule has 0 aliphatic heterocycles. The number of hydrogen-bond donors (Lipinski definition) is 0. The van der Waals surface area contributed by atoms with Crippen LogP contribution < -0.4 is 10.2 Å². The first kappa shape index (κ1) is 13.5. The van der Waals surface area contributed by atoms with Crippen molar-refractivity contribution in [1.29, 1.82) is 0 Å². The lowest BCUT2D eigenvalue weighted by atomic mass is 9.91. The van der Waals surface area contributed by atoms with Crippen molar-refractivity contribution >= 4 is 13.3 Å². The van der Waals surface area contributed by atoms with Gasteiger partial charge in [-0.2, -0.15) is 0 Å². The number of rotatable bonds is 3. The molecule has 0 heterocycles. The van der Waals surface area contributed by atoms with Crippen molar-refractivity contribution in [2.45, 2.75) is 0 Å². The molecule has 0 N–H and O–H groups in total. The SMILES string of the molecule is [B]c1cccc(-c2cccc(-c3cccc(OC)c3)c2)c1. The summed E-state index contributed by atoms with van der Waals surface area (Å²) in [6.45, 7) is 0. The summed E-state index contributed by atoms with van der Waals surface area (Å²) >= 11 is 0. The van der Waals surface area contributed by atoms with E-state index in [-0.39, 0.29) is 0 Å². The maximum absolute atomic E-state index is 5.87. The van der Waals surface area contributed by atoms with Gasteiger partial charge < -0.3 is 4.74 Å². The topological polar surface area (TPSA) is 9.23 Å². The Morgan fingerprint density at radius 2 is 1.19 bits per heavy atom. The number of hydrogen-bond acceptors (Lipinski definition) is 1. The summed E-state index contributed by atoms with van der Waals surface area (Å²) in [5, 5.41) is 0. The Labute approximate surface area is 126 Å². The Bertz CT molecular complexity index is 765. The van der Waals surface area contributed by atoms with E-state index in [4.69, 9.17) is 12.6 Å². The zero-order chi connectivity index (χ0) is 14.7. The predicted molar refractivity (Wildman–Crippen MR) is 89.3 cm³/mol. The third-order valence-corrected chi connectivity index (χ3v) is 3.49. The molecule has 0 saturated carbocycles. The standard InChI is InChI=1S/C19H15BO/c1-21-19-10-4-8-17(13-19)15-6-2-5-14(11-15)16-7-3-9-18(20)12-16/h2-13H,1H3. The van der Waals surface area contributed by atoms with Crippen LogP contribution in [-0.2, 0) is 0 Å². The van der Waals surface area contributed by atoms with Crippen molar-refractivity contribution in [1.82, 2.24) is 0 Å². The molecule has 0 bridgehead atoms. The van der Waals surface area contributed by atoms with Crippen LogP contribution in [0.2, 0.25) is 0 Å². The molecule has 0 aliphatic carbocycles.